The van der Waals surface area contributed by atoms with E-state index in [1.54, 1.807) is 6.07 Å². The molecule has 0 spiro atoms. The Hall–Kier alpha value is -1.19. The van der Waals surface area contributed by atoms with Crippen molar-refractivity contribution in [2.45, 2.75) is 59.2 Å². The molecule has 1 rings (SSSR count). The van der Waals surface area contributed by atoms with Crippen molar-refractivity contribution in [2.24, 2.45) is 5.92 Å². The Bertz CT molecular complexity index is 404. The van der Waals surface area contributed by atoms with Gasteiger partial charge >= 0.3 is 0 Å². The molecule has 0 amide bonds. The summed E-state index contributed by atoms with van der Waals surface area (Å²) in [5.74, 6) is 0.372. The van der Waals surface area contributed by atoms with Crippen LogP contribution in [0.3, 0.4) is 0 Å². The standard InChI is InChI=1S/C17H26O3/c1-3-5-6-17(20)16(4-2)10-13-7-14(11-18)9-15(8-13)12-19/h7-9,16,18-19H,3-6,10-12H2,1-2H3. The zero-order chi connectivity index (χ0) is 15.0. The molecule has 3 heteroatoms. The number of ketones is 1. The van der Waals surface area contributed by atoms with E-state index in [9.17, 15) is 15.0 Å². The fraction of sp³-hybridized carbons (Fsp3) is 0.588. The summed E-state index contributed by atoms with van der Waals surface area (Å²) in [6.45, 7) is 4.05. The summed E-state index contributed by atoms with van der Waals surface area (Å²) in [6, 6.07) is 5.65. The first-order chi connectivity index (χ1) is 9.64. The first kappa shape index (κ1) is 16.9. The average Bonchev–Trinajstić information content (AvgIpc) is 2.49. The predicted molar refractivity (Wildman–Crippen MR) is 80.3 cm³/mol. The number of hydrogen-bond acceptors (Lipinski definition) is 3. The van der Waals surface area contributed by atoms with Gasteiger partial charge in [-0.1, -0.05) is 38.5 Å². The highest BCUT2D eigenvalue weighted by Gasteiger charge is 2.16. The average molecular weight is 278 g/mol. The minimum Gasteiger partial charge on any atom is -0.392 e. The van der Waals surface area contributed by atoms with Crippen LogP contribution in [0, 0.1) is 5.92 Å². The van der Waals surface area contributed by atoms with Gasteiger partial charge in [-0.25, -0.2) is 0 Å². The Morgan fingerprint density at radius 1 is 1.05 bits per heavy atom. The number of unbranched alkanes of at least 4 members (excludes halogenated alkanes) is 1. The van der Waals surface area contributed by atoms with Gasteiger partial charge in [0.1, 0.15) is 5.78 Å². The molecular weight excluding hydrogens is 252 g/mol. The van der Waals surface area contributed by atoms with Crippen LogP contribution in [-0.2, 0) is 24.4 Å². The molecule has 112 valence electrons. The summed E-state index contributed by atoms with van der Waals surface area (Å²) in [5.41, 5.74) is 2.61. The van der Waals surface area contributed by atoms with Gasteiger partial charge in [0, 0.05) is 12.3 Å². The Morgan fingerprint density at radius 2 is 1.60 bits per heavy atom. The maximum absolute atomic E-state index is 12.1. The van der Waals surface area contributed by atoms with Gasteiger partial charge in [-0.15, -0.1) is 0 Å². The van der Waals surface area contributed by atoms with Gasteiger partial charge in [-0.2, -0.15) is 0 Å². The highest BCUT2D eigenvalue weighted by atomic mass is 16.3. The summed E-state index contributed by atoms with van der Waals surface area (Å²) < 4.78 is 0. The predicted octanol–water partition coefficient (Wildman–Crippen LogP) is 3.00. The molecule has 2 N–H and O–H groups in total. The smallest absolute Gasteiger partial charge is 0.136 e. The molecule has 1 aromatic rings. The van der Waals surface area contributed by atoms with Crippen molar-refractivity contribution < 1.29 is 15.0 Å². The molecule has 0 saturated carbocycles. The van der Waals surface area contributed by atoms with Gasteiger partial charge in [0.25, 0.3) is 0 Å². The number of aliphatic hydroxyl groups is 2. The van der Waals surface area contributed by atoms with E-state index in [1.165, 1.54) is 0 Å². The molecule has 0 heterocycles. The van der Waals surface area contributed by atoms with Crippen LogP contribution in [0.4, 0.5) is 0 Å². The van der Waals surface area contributed by atoms with E-state index in [-0.39, 0.29) is 19.1 Å². The van der Waals surface area contributed by atoms with E-state index in [0.717, 1.165) is 36.0 Å². The summed E-state index contributed by atoms with van der Waals surface area (Å²) in [4.78, 5) is 12.1. The van der Waals surface area contributed by atoms with Gasteiger partial charge in [-0.05, 0) is 36.0 Å². The molecular formula is C17H26O3. The van der Waals surface area contributed by atoms with Crippen LogP contribution in [0.2, 0.25) is 0 Å². The Morgan fingerprint density at radius 3 is 2.05 bits per heavy atom. The van der Waals surface area contributed by atoms with Crippen LogP contribution in [-0.4, -0.2) is 16.0 Å². The summed E-state index contributed by atoms with van der Waals surface area (Å²) in [7, 11) is 0. The molecule has 0 aromatic heterocycles. The van der Waals surface area contributed by atoms with Crippen molar-refractivity contribution >= 4 is 5.78 Å². The van der Waals surface area contributed by atoms with E-state index in [1.807, 2.05) is 19.1 Å². The topological polar surface area (TPSA) is 57.5 Å². The first-order valence-corrected chi connectivity index (χ1v) is 7.50. The molecule has 1 atom stereocenters. The van der Waals surface area contributed by atoms with Crippen molar-refractivity contribution in [3.05, 3.63) is 34.9 Å². The van der Waals surface area contributed by atoms with Gasteiger partial charge in [-0.3, -0.25) is 4.79 Å². The molecule has 1 aromatic carbocycles. The Labute approximate surface area is 121 Å². The lowest BCUT2D eigenvalue weighted by molar-refractivity contribution is -0.123. The van der Waals surface area contributed by atoms with Crippen molar-refractivity contribution in [2.75, 3.05) is 0 Å². The minimum atomic E-state index is -0.0403. The largest absolute Gasteiger partial charge is 0.392 e. The van der Waals surface area contributed by atoms with Crippen LogP contribution in [0.25, 0.3) is 0 Å². The molecule has 20 heavy (non-hydrogen) atoms. The normalized spacial score (nSPS) is 12.4. The fourth-order valence-corrected chi connectivity index (χ4v) is 2.47. The fourth-order valence-electron chi connectivity index (χ4n) is 2.47. The molecule has 0 aliphatic carbocycles. The first-order valence-electron chi connectivity index (χ1n) is 7.50. The number of aliphatic hydroxyl groups excluding tert-OH is 2. The molecule has 3 nitrogen and oxygen atoms in total. The third-order valence-corrected chi connectivity index (χ3v) is 3.68. The van der Waals surface area contributed by atoms with Gasteiger partial charge in [0.2, 0.25) is 0 Å². The zero-order valence-corrected chi connectivity index (χ0v) is 12.6. The summed E-state index contributed by atoms with van der Waals surface area (Å²) in [6.07, 6.45) is 4.17. The third kappa shape index (κ3) is 5.06. The molecule has 0 radical (unpaired) electrons. The van der Waals surface area contributed by atoms with Crippen LogP contribution in [0.15, 0.2) is 18.2 Å². The van der Waals surface area contributed by atoms with E-state index in [2.05, 4.69) is 6.92 Å². The quantitative estimate of drug-likeness (QED) is 0.730. The van der Waals surface area contributed by atoms with Crippen LogP contribution in [0.5, 0.6) is 0 Å². The summed E-state index contributed by atoms with van der Waals surface area (Å²) in [5, 5.41) is 18.5. The van der Waals surface area contributed by atoms with Crippen LogP contribution in [0.1, 0.15) is 56.2 Å². The minimum absolute atomic E-state index is 0.0403. The Balaban J connectivity index is 2.80. The van der Waals surface area contributed by atoms with Crippen molar-refractivity contribution in [3.63, 3.8) is 0 Å². The molecule has 0 aliphatic rings. The molecule has 1 unspecified atom stereocenters. The monoisotopic (exact) mass is 278 g/mol. The maximum atomic E-state index is 12.1. The van der Waals surface area contributed by atoms with Gasteiger partial charge in [0.15, 0.2) is 0 Å². The second kappa shape index (κ2) is 8.88. The van der Waals surface area contributed by atoms with Crippen LogP contribution >= 0.6 is 0 Å². The lowest BCUT2D eigenvalue weighted by Crippen LogP contribution is -2.16. The molecule has 0 fully saturated rings. The SMILES string of the molecule is CCCCC(=O)C(CC)Cc1cc(CO)cc(CO)c1. The number of carbonyl (C=O) groups excluding carboxylic acids is 1. The lowest BCUT2D eigenvalue weighted by Gasteiger charge is -2.15. The van der Waals surface area contributed by atoms with E-state index < -0.39 is 0 Å². The zero-order valence-electron chi connectivity index (χ0n) is 12.6. The molecule has 0 bridgehead atoms. The number of carbonyl (C=O) groups is 1. The van der Waals surface area contributed by atoms with E-state index >= 15 is 0 Å². The number of hydrogen-bond donors (Lipinski definition) is 2. The maximum Gasteiger partial charge on any atom is 0.136 e. The van der Waals surface area contributed by atoms with Crippen molar-refractivity contribution in [1.29, 1.82) is 0 Å². The highest BCUT2D eigenvalue weighted by molar-refractivity contribution is 5.81. The molecule has 0 aliphatic heterocycles. The van der Waals surface area contributed by atoms with Gasteiger partial charge < -0.3 is 10.2 Å². The third-order valence-electron chi connectivity index (χ3n) is 3.68. The van der Waals surface area contributed by atoms with Crippen LogP contribution < -0.4 is 0 Å². The Kier molecular flexibility index (Phi) is 7.48. The van der Waals surface area contributed by atoms with E-state index in [4.69, 9.17) is 0 Å². The lowest BCUT2D eigenvalue weighted by atomic mass is 9.89. The van der Waals surface area contributed by atoms with Gasteiger partial charge in [0.05, 0.1) is 13.2 Å². The second-order valence-electron chi connectivity index (χ2n) is 5.35. The number of benzene rings is 1. The van der Waals surface area contributed by atoms with E-state index in [0.29, 0.717) is 18.6 Å². The highest BCUT2D eigenvalue weighted by Crippen LogP contribution is 2.19. The number of Topliss-reactive ketones (excluding diaryl/α,β-unsaturated/α-hetero) is 1. The van der Waals surface area contributed by atoms with Crippen molar-refractivity contribution in [1.82, 2.24) is 0 Å². The summed E-state index contributed by atoms with van der Waals surface area (Å²) >= 11 is 0. The second-order valence-corrected chi connectivity index (χ2v) is 5.35. The number of rotatable bonds is 9. The molecule has 0 saturated heterocycles. The van der Waals surface area contributed by atoms with Crippen molar-refractivity contribution in [3.8, 4) is 0 Å².